The zero-order chi connectivity index (χ0) is 13.5. The molecule has 2 N–H and O–H groups in total. The first-order valence-electron chi connectivity index (χ1n) is 6.52. The normalized spacial score (nSPS) is 17.7. The molecule has 5 nitrogen and oxygen atoms in total. The third-order valence-electron chi connectivity index (χ3n) is 3.36. The molecule has 1 fully saturated rings. The SMILES string of the molecule is O=C(/C=N\O)NC1CCN(Cc2ccccc2)CC1. The van der Waals surface area contributed by atoms with Gasteiger partial charge in [0.15, 0.2) is 0 Å². The van der Waals surface area contributed by atoms with Crippen molar-refractivity contribution in [3.63, 3.8) is 0 Å². The third-order valence-corrected chi connectivity index (χ3v) is 3.36. The molecule has 5 heteroatoms. The number of hydrogen-bond donors (Lipinski definition) is 2. The van der Waals surface area contributed by atoms with Crippen LogP contribution in [0.15, 0.2) is 35.5 Å². The molecule has 2 rings (SSSR count). The highest BCUT2D eigenvalue weighted by Crippen LogP contribution is 2.13. The van der Waals surface area contributed by atoms with Crippen molar-refractivity contribution in [2.24, 2.45) is 5.16 Å². The highest BCUT2D eigenvalue weighted by Gasteiger charge is 2.20. The zero-order valence-electron chi connectivity index (χ0n) is 10.8. The van der Waals surface area contributed by atoms with E-state index in [1.54, 1.807) is 0 Å². The quantitative estimate of drug-likeness (QED) is 0.487. The van der Waals surface area contributed by atoms with Crippen molar-refractivity contribution < 1.29 is 10.0 Å². The van der Waals surface area contributed by atoms with Crippen molar-refractivity contribution in [2.45, 2.75) is 25.4 Å². The Kier molecular flexibility index (Phi) is 4.92. The van der Waals surface area contributed by atoms with Gasteiger partial charge >= 0.3 is 0 Å². The maximum Gasteiger partial charge on any atom is 0.266 e. The van der Waals surface area contributed by atoms with Crippen LogP contribution in [0.1, 0.15) is 18.4 Å². The van der Waals surface area contributed by atoms with Gasteiger partial charge in [0.25, 0.3) is 5.91 Å². The molecular weight excluding hydrogens is 242 g/mol. The molecule has 1 saturated heterocycles. The van der Waals surface area contributed by atoms with E-state index in [0.717, 1.165) is 38.7 Å². The summed E-state index contributed by atoms with van der Waals surface area (Å²) >= 11 is 0. The summed E-state index contributed by atoms with van der Waals surface area (Å²) in [4.78, 5) is 13.6. The Bertz CT molecular complexity index is 426. The van der Waals surface area contributed by atoms with Gasteiger partial charge in [0, 0.05) is 25.7 Å². The molecule has 1 aromatic rings. The average molecular weight is 261 g/mol. The number of carbonyl (C=O) groups excluding carboxylic acids is 1. The fourth-order valence-electron chi connectivity index (χ4n) is 2.37. The van der Waals surface area contributed by atoms with Crippen molar-refractivity contribution in [3.8, 4) is 0 Å². The minimum absolute atomic E-state index is 0.178. The second kappa shape index (κ2) is 6.89. The molecule has 19 heavy (non-hydrogen) atoms. The van der Waals surface area contributed by atoms with Gasteiger partial charge in [0.05, 0.1) is 0 Å². The van der Waals surface area contributed by atoms with Gasteiger partial charge in [-0.1, -0.05) is 35.5 Å². The fourth-order valence-corrected chi connectivity index (χ4v) is 2.37. The largest absolute Gasteiger partial charge is 0.411 e. The fraction of sp³-hybridized carbons (Fsp3) is 0.429. The van der Waals surface area contributed by atoms with E-state index in [1.165, 1.54) is 5.56 Å². The number of rotatable bonds is 4. The van der Waals surface area contributed by atoms with Crippen LogP contribution in [0.5, 0.6) is 0 Å². The predicted molar refractivity (Wildman–Crippen MR) is 73.2 cm³/mol. The molecule has 0 saturated carbocycles. The van der Waals surface area contributed by atoms with Gasteiger partial charge in [-0.25, -0.2) is 0 Å². The molecular formula is C14H19N3O2. The van der Waals surface area contributed by atoms with Crippen LogP contribution in [-0.2, 0) is 11.3 Å². The number of hydrogen-bond acceptors (Lipinski definition) is 4. The van der Waals surface area contributed by atoms with Crippen molar-refractivity contribution in [2.75, 3.05) is 13.1 Å². The van der Waals surface area contributed by atoms with Gasteiger partial charge in [-0.05, 0) is 18.4 Å². The molecule has 0 spiro atoms. The first-order chi connectivity index (χ1) is 9.28. The molecule has 0 bridgehead atoms. The summed E-state index contributed by atoms with van der Waals surface area (Å²) in [5.41, 5.74) is 1.32. The molecule has 1 aliphatic heterocycles. The second-order valence-electron chi connectivity index (χ2n) is 4.79. The minimum atomic E-state index is -0.330. The lowest BCUT2D eigenvalue weighted by molar-refractivity contribution is -0.115. The molecule has 1 aromatic carbocycles. The van der Waals surface area contributed by atoms with E-state index in [-0.39, 0.29) is 11.9 Å². The molecule has 0 radical (unpaired) electrons. The number of likely N-dealkylation sites (tertiary alicyclic amines) is 1. The maximum atomic E-state index is 11.2. The van der Waals surface area contributed by atoms with E-state index in [4.69, 9.17) is 5.21 Å². The van der Waals surface area contributed by atoms with Crippen LogP contribution in [0.25, 0.3) is 0 Å². The Morgan fingerprint density at radius 3 is 2.68 bits per heavy atom. The monoisotopic (exact) mass is 261 g/mol. The van der Waals surface area contributed by atoms with E-state index in [9.17, 15) is 4.79 Å². The van der Waals surface area contributed by atoms with Crippen LogP contribution >= 0.6 is 0 Å². The van der Waals surface area contributed by atoms with E-state index in [2.05, 4.69) is 39.6 Å². The van der Waals surface area contributed by atoms with Crippen LogP contribution < -0.4 is 5.32 Å². The predicted octanol–water partition coefficient (Wildman–Crippen LogP) is 1.23. The number of benzene rings is 1. The van der Waals surface area contributed by atoms with Gasteiger partial charge in [-0.3, -0.25) is 9.69 Å². The van der Waals surface area contributed by atoms with Gasteiger partial charge in [0.1, 0.15) is 6.21 Å². The molecule has 102 valence electrons. The summed E-state index contributed by atoms with van der Waals surface area (Å²) in [6.07, 6.45) is 2.76. The number of carbonyl (C=O) groups is 1. The number of nitrogens with one attached hydrogen (secondary N) is 1. The first-order valence-corrected chi connectivity index (χ1v) is 6.52. The Labute approximate surface area is 112 Å². The Morgan fingerprint density at radius 1 is 1.37 bits per heavy atom. The average Bonchev–Trinajstić information content (AvgIpc) is 2.42. The molecule has 1 aliphatic rings. The molecule has 1 heterocycles. The zero-order valence-corrected chi connectivity index (χ0v) is 10.8. The van der Waals surface area contributed by atoms with Crippen molar-refractivity contribution >= 4 is 12.1 Å². The van der Waals surface area contributed by atoms with Crippen LogP contribution in [-0.4, -0.2) is 41.4 Å². The molecule has 0 unspecified atom stereocenters. The summed E-state index contributed by atoms with van der Waals surface area (Å²) in [5.74, 6) is -0.330. The topological polar surface area (TPSA) is 64.9 Å². The lowest BCUT2D eigenvalue weighted by Crippen LogP contribution is -2.44. The van der Waals surface area contributed by atoms with Crippen LogP contribution in [0.3, 0.4) is 0 Å². The summed E-state index contributed by atoms with van der Waals surface area (Å²) < 4.78 is 0. The van der Waals surface area contributed by atoms with Crippen molar-refractivity contribution in [1.82, 2.24) is 10.2 Å². The highest BCUT2D eigenvalue weighted by atomic mass is 16.4. The van der Waals surface area contributed by atoms with Crippen LogP contribution in [0.2, 0.25) is 0 Å². The summed E-state index contributed by atoms with van der Waals surface area (Å²) in [6, 6.07) is 10.6. The van der Waals surface area contributed by atoms with Gasteiger partial charge in [-0.2, -0.15) is 0 Å². The standard InChI is InChI=1S/C14H19N3O2/c18-14(10-15-19)16-13-6-8-17(9-7-13)11-12-4-2-1-3-5-12/h1-5,10,13,19H,6-9,11H2,(H,16,18)/b15-10-. The van der Waals surface area contributed by atoms with Crippen LogP contribution in [0, 0.1) is 0 Å². The minimum Gasteiger partial charge on any atom is -0.411 e. The summed E-state index contributed by atoms with van der Waals surface area (Å²) in [5, 5.41) is 13.8. The number of oxime groups is 1. The lowest BCUT2D eigenvalue weighted by atomic mass is 10.0. The van der Waals surface area contributed by atoms with Gasteiger partial charge < -0.3 is 10.5 Å². The molecule has 0 atom stereocenters. The molecule has 1 amide bonds. The van der Waals surface area contributed by atoms with Crippen molar-refractivity contribution in [3.05, 3.63) is 35.9 Å². The van der Waals surface area contributed by atoms with Gasteiger partial charge in [0.2, 0.25) is 0 Å². The highest BCUT2D eigenvalue weighted by molar-refractivity contribution is 6.26. The Hall–Kier alpha value is -1.88. The molecule has 0 aliphatic carbocycles. The van der Waals surface area contributed by atoms with Gasteiger partial charge in [-0.15, -0.1) is 0 Å². The lowest BCUT2D eigenvalue weighted by Gasteiger charge is -2.32. The number of nitrogens with zero attached hydrogens (tertiary/aromatic N) is 2. The van der Waals surface area contributed by atoms with Crippen molar-refractivity contribution in [1.29, 1.82) is 0 Å². The van der Waals surface area contributed by atoms with E-state index in [1.807, 2.05) is 6.07 Å². The van der Waals surface area contributed by atoms with E-state index >= 15 is 0 Å². The summed E-state index contributed by atoms with van der Waals surface area (Å²) in [7, 11) is 0. The second-order valence-corrected chi connectivity index (χ2v) is 4.79. The molecule has 0 aromatic heterocycles. The number of amides is 1. The Morgan fingerprint density at radius 2 is 2.05 bits per heavy atom. The Balaban J connectivity index is 1.75. The maximum absolute atomic E-state index is 11.2. The first kappa shape index (κ1) is 13.5. The van der Waals surface area contributed by atoms with E-state index < -0.39 is 0 Å². The smallest absolute Gasteiger partial charge is 0.266 e. The van der Waals surface area contributed by atoms with Crippen LogP contribution in [0.4, 0.5) is 0 Å². The number of piperidine rings is 1. The third kappa shape index (κ3) is 4.37. The summed E-state index contributed by atoms with van der Waals surface area (Å²) in [6.45, 7) is 2.89. The van der Waals surface area contributed by atoms with E-state index in [0.29, 0.717) is 0 Å².